The van der Waals surface area contributed by atoms with Crippen molar-refractivity contribution >= 4 is 12.6 Å². The Kier molecular flexibility index (Phi) is 6.51. The Morgan fingerprint density at radius 2 is 1.32 bits per heavy atom. The molecule has 0 amide bonds. The zero-order valence-corrected chi connectivity index (χ0v) is 18.0. The molecule has 0 atom stereocenters. The highest BCUT2D eigenvalue weighted by atomic mass is 32.1. The van der Waals surface area contributed by atoms with Crippen molar-refractivity contribution in [1.29, 1.82) is 0 Å². The summed E-state index contributed by atoms with van der Waals surface area (Å²) in [6.45, 7) is 6.53. The van der Waals surface area contributed by atoms with Crippen LogP contribution in [0.15, 0.2) is 66.7 Å². The molecule has 0 saturated heterocycles. The summed E-state index contributed by atoms with van der Waals surface area (Å²) < 4.78 is -0.214. The maximum Gasteiger partial charge on any atom is 0.131 e. The van der Waals surface area contributed by atoms with Gasteiger partial charge >= 0.3 is 0 Å². The number of aromatic hydroxyl groups is 1. The Labute approximate surface area is 174 Å². The molecule has 3 rings (SSSR count). The highest BCUT2D eigenvalue weighted by molar-refractivity contribution is 7.81. The molecule has 3 aromatic rings. The van der Waals surface area contributed by atoms with Crippen molar-refractivity contribution in [3.8, 4) is 28.0 Å². The van der Waals surface area contributed by atoms with Crippen LogP contribution in [-0.4, -0.2) is 5.11 Å². The number of phenolic OH excluding ortho intramolecular Hbond substituents is 1. The monoisotopic (exact) mass is 390 g/mol. The van der Waals surface area contributed by atoms with Crippen molar-refractivity contribution in [2.45, 2.75) is 51.2 Å². The van der Waals surface area contributed by atoms with Gasteiger partial charge in [-0.1, -0.05) is 81.8 Å². The molecule has 3 aromatic carbocycles. The van der Waals surface area contributed by atoms with Gasteiger partial charge in [0, 0.05) is 15.9 Å². The first-order valence-electron chi connectivity index (χ1n) is 10.3. The molecule has 0 aliphatic heterocycles. The van der Waals surface area contributed by atoms with E-state index >= 15 is 0 Å². The molecule has 146 valence electrons. The summed E-state index contributed by atoms with van der Waals surface area (Å²) in [6, 6.07) is 22.9. The highest BCUT2D eigenvalue weighted by Crippen LogP contribution is 2.45. The fraction of sp³-hybridized carbons (Fsp3) is 0.308. The van der Waals surface area contributed by atoms with Crippen molar-refractivity contribution in [3.63, 3.8) is 0 Å². The van der Waals surface area contributed by atoms with Crippen LogP contribution in [0.5, 0.6) is 5.75 Å². The number of thiol groups is 1. The summed E-state index contributed by atoms with van der Waals surface area (Å²) in [5.41, 5.74) is 6.29. The molecule has 0 fully saturated rings. The first kappa shape index (κ1) is 20.5. The predicted molar refractivity (Wildman–Crippen MR) is 124 cm³/mol. The number of rotatable bonds is 7. The van der Waals surface area contributed by atoms with E-state index in [0.717, 1.165) is 53.5 Å². The van der Waals surface area contributed by atoms with Crippen LogP contribution in [-0.2, 0) is 11.2 Å². The smallest absolute Gasteiger partial charge is 0.131 e. The van der Waals surface area contributed by atoms with Crippen molar-refractivity contribution in [2.24, 2.45) is 0 Å². The zero-order valence-electron chi connectivity index (χ0n) is 17.1. The lowest BCUT2D eigenvalue weighted by Gasteiger charge is -2.28. The van der Waals surface area contributed by atoms with Crippen LogP contribution in [0.4, 0.5) is 0 Å². The van der Waals surface area contributed by atoms with Crippen LogP contribution in [0.3, 0.4) is 0 Å². The Morgan fingerprint density at radius 1 is 0.786 bits per heavy atom. The van der Waals surface area contributed by atoms with Gasteiger partial charge in [0.05, 0.1) is 0 Å². The fourth-order valence-corrected chi connectivity index (χ4v) is 3.89. The van der Waals surface area contributed by atoms with Crippen molar-refractivity contribution < 1.29 is 5.11 Å². The molecule has 0 unspecified atom stereocenters. The molecule has 2 heteroatoms. The molecule has 0 heterocycles. The lowest BCUT2D eigenvalue weighted by molar-refractivity contribution is 0.478. The molecular weight excluding hydrogens is 360 g/mol. The Bertz CT molecular complexity index is 909. The summed E-state index contributed by atoms with van der Waals surface area (Å²) in [5.74, 6) is 0.334. The van der Waals surface area contributed by atoms with Crippen molar-refractivity contribution in [2.75, 3.05) is 0 Å². The molecule has 0 spiro atoms. The molecular formula is C26H30OS. The Hall–Kier alpha value is -2.19. The standard InChI is InChI=1S/C26H30OS/c1-4-10-19-13-15-21(16-14-19)24-18-22(26(28,5-2)6-3)17-23(25(24)27)20-11-8-7-9-12-20/h7-9,11-18,27-28H,4-6,10H2,1-3H3. The van der Waals surface area contributed by atoms with E-state index in [2.05, 4.69) is 57.2 Å². The van der Waals surface area contributed by atoms with Crippen LogP contribution in [0.2, 0.25) is 0 Å². The van der Waals surface area contributed by atoms with Gasteiger partial charge in [-0.15, -0.1) is 0 Å². The maximum absolute atomic E-state index is 11.2. The number of phenols is 1. The van der Waals surface area contributed by atoms with E-state index < -0.39 is 0 Å². The van der Waals surface area contributed by atoms with Gasteiger partial charge in [0.25, 0.3) is 0 Å². The molecule has 1 nitrogen and oxygen atoms in total. The van der Waals surface area contributed by atoms with Gasteiger partial charge in [-0.3, -0.25) is 0 Å². The lowest BCUT2D eigenvalue weighted by Crippen LogP contribution is -2.16. The zero-order chi connectivity index (χ0) is 20.1. The third kappa shape index (κ3) is 4.12. The minimum atomic E-state index is -0.214. The third-order valence-electron chi connectivity index (χ3n) is 5.71. The first-order chi connectivity index (χ1) is 13.5. The molecule has 0 aliphatic carbocycles. The quantitative estimate of drug-likeness (QED) is 0.397. The number of hydrogen-bond acceptors (Lipinski definition) is 2. The minimum absolute atomic E-state index is 0.214. The summed E-state index contributed by atoms with van der Waals surface area (Å²) in [6.07, 6.45) is 4.07. The molecule has 1 N–H and O–H groups in total. The Balaban J connectivity index is 2.20. The Morgan fingerprint density at radius 3 is 1.82 bits per heavy atom. The van der Waals surface area contributed by atoms with Gasteiger partial charge in [0.15, 0.2) is 0 Å². The largest absolute Gasteiger partial charge is 0.507 e. The third-order valence-corrected chi connectivity index (χ3v) is 6.60. The van der Waals surface area contributed by atoms with Crippen LogP contribution in [0.1, 0.15) is 51.2 Å². The SMILES string of the molecule is CCCc1ccc(-c2cc(C(S)(CC)CC)cc(-c3ccccc3)c2O)cc1. The fourth-order valence-electron chi connectivity index (χ4n) is 3.76. The summed E-state index contributed by atoms with van der Waals surface area (Å²) in [4.78, 5) is 0. The summed E-state index contributed by atoms with van der Waals surface area (Å²) in [7, 11) is 0. The van der Waals surface area contributed by atoms with Crippen LogP contribution < -0.4 is 0 Å². The predicted octanol–water partition coefficient (Wildman–Crippen LogP) is 7.62. The first-order valence-corrected chi connectivity index (χ1v) is 10.7. The molecule has 28 heavy (non-hydrogen) atoms. The van der Waals surface area contributed by atoms with Gasteiger partial charge in [-0.25, -0.2) is 0 Å². The number of hydrogen-bond donors (Lipinski definition) is 2. The van der Waals surface area contributed by atoms with E-state index in [9.17, 15) is 5.11 Å². The van der Waals surface area contributed by atoms with Crippen LogP contribution in [0, 0.1) is 0 Å². The van der Waals surface area contributed by atoms with E-state index in [1.54, 1.807) is 0 Å². The molecule has 0 aliphatic rings. The number of aryl methyl sites for hydroxylation is 1. The van der Waals surface area contributed by atoms with Gasteiger partial charge in [-0.2, -0.15) is 12.6 Å². The summed E-state index contributed by atoms with van der Waals surface area (Å²) >= 11 is 5.02. The van der Waals surface area contributed by atoms with Crippen LogP contribution in [0.25, 0.3) is 22.3 Å². The van der Waals surface area contributed by atoms with Crippen LogP contribution >= 0.6 is 12.6 Å². The van der Waals surface area contributed by atoms with E-state index in [0.29, 0.717) is 5.75 Å². The van der Waals surface area contributed by atoms with Crippen molar-refractivity contribution in [3.05, 3.63) is 77.9 Å². The van der Waals surface area contributed by atoms with E-state index in [-0.39, 0.29) is 4.75 Å². The minimum Gasteiger partial charge on any atom is -0.507 e. The van der Waals surface area contributed by atoms with Gasteiger partial charge in [0.2, 0.25) is 0 Å². The average molecular weight is 391 g/mol. The van der Waals surface area contributed by atoms with Gasteiger partial charge in [0.1, 0.15) is 5.75 Å². The van der Waals surface area contributed by atoms with E-state index in [1.165, 1.54) is 5.56 Å². The topological polar surface area (TPSA) is 20.2 Å². The second kappa shape index (κ2) is 8.87. The van der Waals surface area contributed by atoms with Crippen molar-refractivity contribution in [1.82, 2.24) is 0 Å². The van der Waals surface area contributed by atoms with Gasteiger partial charge in [-0.05, 0) is 53.6 Å². The second-order valence-corrected chi connectivity index (χ2v) is 8.33. The average Bonchev–Trinajstić information content (AvgIpc) is 2.75. The summed E-state index contributed by atoms with van der Waals surface area (Å²) in [5, 5.41) is 11.2. The normalized spacial score (nSPS) is 11.6. The molecule has 0 saturated carbocycles. The lowest BCUT2D eigenvalue weighted by atomic mass is 9.86. The highest BCUT2D eigenvalue weighted by Gasteiger charge is 2.26. The molecule has 0 bridgehead atoms. The molecule has 0 aromatic heterocycles. The second-order valence-electron chi connectivity index (χ2n) is 7.47. The molecule has 0 radical (unpaired) electrons. The van der Waals surface area contributed by atoms with E-state index in [1.807, 2.05) is 30.3 Å². The number of benzene rings is 3. The van der Waals surface area contributed by atoms with E-state index in [4.69, 9.17) is 12.6 Å². The maximum atomic E-state index is 11.2. The van der Waals surface area contributed by atoms with Gasteiger partial charge < -0.3 is 5.11 Å².